The van der Waals surface area contributed by atoms with E-state index in [2.05, 4.69) is 46.6 Å². The summed E-state index contributed by atoms with van der Waals surface area (Å²) in [6.45, 7) is 3.29. The van der Waals surface area contributed by atoms with Crippen molar-refractivity contribution in [2.45, 2.75) is 74.1 Å². The maximum atomic E-state index is 14.1. The number of nitrogens with one attached hydrogen (secondary N) is 1. The highest BCUT2D eigenvalue weighted by molar-refractivity contribution is 7.92. The Labute approximate surface area is 193 Å². The summed E-state index contributed by atoms with van der Waals surface area (Å²) in [6, 6.07) is 16.4. The van der Waals surface area contributed by atoms with Gasteiger partial charge in [-0.25, -0.2) is 8.42 Å². The molecular weight excluding hydrogens is 416 g/mol. The first-order valence-corrected chi connectivity index (χ1v) is 14.0. The Balaban J connectivity index is 1.44. The van der Waals surface area contributed by atoms with E-state index in [1.807, 2.05) is 12.1 Å². The first-order valence-electron chi connectivity index (χ1n) is 12.5. The molecule has 5 heteroatoms. The van der Waals surface area contributed by atoms with Gasteiger partial charge in [0.25, 0.3) is 0 Å². The summed E-state index contributed by atoms with van der Waals surface area (Å²) in [5.41, 5.74) is 3.94. The highest BCUT2D eigenvalue weighted by Gasteiger charge is 2.40. The Bertz CT molecular complexity index is 1010. The van der Waals surface area contributed by atoms with E-state index in [-0.39, 0.29) is 5.92 Å². The zero-order valence-electron chi connectivity index (χ0n) is 19.0. The Morgan fingerprint density at radius 2 is 1.62 bits per heavy atom. The minimum absolute atomic E-state index is 0.122. The lowest BCUT2D eigenvalue weighted by atomic mass is 9.84. The van der Waals surface area contributed by atoms with E-state index in [0.717, 1.165) is 45.4 Å². The fraction of sp³-hybridized carbons (Fsp3) is 0.556. The molecule has 2 heterocycles. The van der Waals surface area contributed by atoms with Gasteiger partial charge in [0.05, 0.1) is 4.90 Å². The minimum atomic E-state index is -3.46. The van der Waals surface area contributed by atoms with Gasteiger partial charge in [0.1, 0.15) is 5.37 Å². The zero-order valence-corrected chi connectivity index (χ0v) is 19.8. The summed E-state index contributed by atoms with van der Waals surface area (Å²) in [4.78, 5) is 2.73. The van der Waals surface area contributed by atoms with Gasteiger partial charge in [0.15, 0.2) is 9.84 Å². The van der Waals surface area contributed by atoms with E-state index in [4.69, 9.17) is 0 Å². The molecule has 1 saturated heterocycles. The molecule has 2 unspecified atom stereocenters. The molecule has 0 aromatic heterocycles. The first kappa shape index (κ1) is 22.1. The van der Waals surface area contributed by atoms with Crippen LogP contribution in [0.4, 0.5) is 0 Å². The Morgan fingerprint density at radius 1 is 0.875 bits per heavy atom. The second-order valence-electron chi connectivity index (χ2n) is 9.94. The Kier molecular flexibility index (Phi) is 6.68. The molecule has 0 bridgehead atoms. The number of hydrogen-bond acceptors (Lipinski definition) is 4. The van der Waals surface area contributed by atoms with Crippen LogP contribution in [0.2, 0.25) is 0 Å². The summed E-state index contributed by atoms with van der Waals surface area (Å²) in [6.07, 6.45) is 9.31. The third-order valence-corrected chi connectivity index (χ3v) is 10.1. The predicted octanol–water partition coefficient (Wildman–Crippen LogP) is 4.89. The van der Waals surface area contributed by atoms with Crippen molar-refractivity contribution < 1.29 is 8.42 Å². The molecule has 0 spiro atoms. The van der Waals surface area contributed by atoms with Crippen LogP contribution in [0.15, 0.2) is 53.4 Å². The van der Waals surface area contributed by atoms with Gasteiger partial charge < -0.3 is 5.32 Å². The molecular formula is C27H36N2O2S. The zero-order chi connectivity index (χ0) is 22.0. The fourth-order valence-electron chi connectivity index (χ4n) is 6.11. The molecule has 3 aliphatic rings. The molecule has 2 aromatic carbocycles. The van der Waals surface area contributed by atoms with Crippen LogP contribution in [-0.4, -0.2) is 38.3 Å². The second-order valence-corrected chi connectivity index (χ2v) is 12.0. The van der Waals surface area contributed by atoms with Crippen LogP contribution in [0.5, 0.6) is 0 Å². The summed E-state index contributed by atoms with van der Waals surface area (Å²) in [5.74, 6) is 0.717. The summed E-state index contributed by atoms with van der Waals surface area (Å²) < 4.78 is 28.1. The van der Waals surface area contributed by atoms with Crippen molar-refractivity contribution in [3.8, 4) is 0 Å². The van der Waals surface area contributed by atoms with Crippen LogP contribution in [-0.2, 0) is 22.8 Å². The molecule has 0 amide bonds. The lowest BCUT2D eigenvalue weighted by Gasteiger charge is -2.40. The quantitative estimate of drug-likeness (QED) is 0.702. The number of nitrogens with zero attached hydrogens (tertiary/aromatic N) is 1. The fourth-order valence-corrected chi connectivity index (χ4v) is 8.22. The van der Waals surface area contributed by atoms with E-state index in [1.54, 1.807) is 0 Å². The lowest BCUT2D eigenvalue weighted by molar-refractivity contribution is 0.162. The standard InChI is InChI=1S/C27H36N2O2S/c30-32(31,26-14-12-23(13-15-26)21-7-2-1-3-8-21)27(24-11-6-17-28-19-24)29-18-16-22-9-4-5-10-25(22)20-29/h4-5,9-10,12-15,21,24,27-28H,1-3,6-8,11,16-20H2. The van der Waals surface area contributed by atoms with Crippen LogP contribution in [0.25, 0.3) is 0 Å². The highest BCUT2D eigenvalue weighted by atomic mass is 32.2. The van der Waals surface area contributed by atoms with Gasteiger partial charge in [-0.05, 0) is 73.4 Å². The van der Waals surface area contributed by atoms with Gasteiger partial charge in [-0.3, -0.25) is 4.90 Å². The molecule has 32 heavy (non-hydrogen) atoms. The first-order chi connectivity index (χ1) is 15.6. The van der Waals surface area contributed by atoms with Gasteiger partial charge in [-0.1, -0.05) is 55.7 Å². The molecule has 4 nitrogen and oxygen atoms in total. The van der Waals surface area contributed by atoms with Gasteiger partial charge in [0, 0.05) is 25.6 Å². The predicted molar refractivity (Wildman–Crippen MR) is 129 cm³/mol. The van der Waals surface area contributed by atoms with Crippen molar-refractivity contribution in [1.29, 1.82) is 0 Å². The van der Waals surface area contributed by atoms with Gasteiger partial charge in [0.2, 0.25) is 0 Å². The molecule has 1 N–H and O–H groups in total. The maximum absolute atomic E-state index is 14.1. The van der Waals surface area contributed by atoms with Gasteiger partial charge in [-0.15, -0.1) is 0 Å². The topological polar surface area (TPSA) is 49.4 Å². The third kappa shape index (κ3) is 4.52. The van der Waals surface area contributed by atoms with Crippen LogP contribution in [0.3, 0.4) is 0 Å². The van der Waals surface area contributed by atoms with Crippen LogP contribution >= 0.6 is 0 Å². The molecule has 2 aromatic rings. The average molecular weight is 453 g/mol. The Hall–Kier alpha value is -1.69. The van der Waals surface area contributed by atoms with E-state index >= 15 is 0 Å². The van der Waals surface area contributed by atoms with Crippen molar-refractivity contribution >= 4 is 9.84 Å². The van der Waals surface area contributed by atoms with E-state index in [1.165, 1.54) is 48.8 Å². The third-order valence-electron chi connectivity index (χ3n) is 7.86. The molecule has 172 valence electrons. The van der Waals surface area contributed by atoms with Crippen molar-refractivity contribution in [3.63, 3.8) is 0 Å². The summed E-state index contributed by atoms with van der Waals surface area (Å²) in [7, 11) is -3.46. The summed E-state index contributed by atoms with van der Waals surface area (Å²) >= 11 is 0. The molecule has 2 atom stereocenters. The van der Waals surface area contributed by atoms with Crippen molar-refractivity contribution in [2.24, 2.45) is 5.92 Å². The number of fused-ring (bicyclic) bond motifs is 1. The normalized spacial score (nSPS) is 24.1. The van der Waals surface area contributed by atoms with Crippen LogP contribution < -0.4 is 5.32 Å². The maximum Gasteiger partial charge on any atom is 0.194 e. The van der Waals surface area contributed by atoms with Crippen LogP contribution in [0, 0.1) is 5.92 Å². The minimum Gasteiger partial charge on any atom is -0.316 e. The van der Waals surface area contributed by atoms with Crippen molar-refractivity contribution in [3.05, 3.63) is 65.2 Å². The highest BCUT2D eigenvalue weighted by Crippen LogP contribution is 2.35. The van der Waals surface area contributed by atoms with E-state index in [0.29, 0.717) is 10.8 Å². The number of rotatable bonds is 5. The molecule has 2 fully saturated rings. The smallest absolute Gasteiger partial charge is 0.194 e. The largest absolute Gasteiger partial charge is 0.316 e. The van der Waals surface area contributed by atoms with Gasteiger partial charge >= 0.3 is 0 Å². The van der Waals surface area contributed by atoms with E-state index in [9.17, 15) is 8.42 Å². The second kappa shape index (κ2) is 9.66. The van der Waals surface area contributed by atoms with E-state index < -0.39 is 15.2 Å². The van der Waals surface area contributed by atoms with Crippen molar-refractivity contribution in [1.82, 2.24) is 10.2 Å². The SMILES string of the molecule is O=S(=O)(c1ccc(C2CCCCC2)cc1)C(C1CCCNC1)N1CCc2ccccc2C1. The van der Waals surface area contributed by atoms with Crippen molar-refractivity contribution in [2.75, 3.05) is 19.6 Å². The molecule has 0 radical (unpaired) electrons. The molecule has 5 rings (SSSR count). The molecule has 2 aliphatic heterocycles. The number of hydrogen-bond donors (Lipinski definition) is 1. The average Bonchev–Trinajstić information content (AvgIpc) is 2.85. The molecule has 1 saturated carbocycles. The summed E-state index contributed by atoms with van der Waals surface area (Å²) in [5, 5.41) is 2.99. The number of sulfone groups is 1. The van der Waals surface area contributed by atoms with Gasteiger partial charge in [-0.2, -0.15) is 0 Å². The monoisotopic (exact) mass is 452 g/mol. The number of benzene rings is 2. The number of piperidine rings is 1. The molecule has 1 aliphatic carbocycles. The Morgan fingerprint density at radius 3 is 2.34 bits per heavy atom. The lowest BCUT2D eigenvalue weighted by Crippen LogP contribution is -2.52. The van der Waals surface area contributed by atoms with Crippen LogP contribution in [0.1, 0.15) is 67.6 Å².